The molecule has 1 aromatic carbocycles. The quantitative estimate of drug-likeness (QED) is 0.582. The Kier molecular flexibility index (Phi) is 6.05. The summed E-state index contributed by atoms with van der Waals surface area (Å²) in [5.74, 6) is 0.659. The molecule has 0 atom stereocenters. The third kappa shape index (κ3) is 4.85. The zero-order valence-electron chi connectivity index (χ0n) is 14.3. The van der Waals surface area contributed by atoms with E-state index in [4.69, 9.17) is 9.15 Å². The van der Waals surface area contributed by atoms with E-state index in [2.05, 4.69) is 26.2 Å². The highest BCUT2D eigenvalue weighted by Gasteiger charge is 2.15. The summed E-state index contributed by atoms with van der Waals surface area (Å²) in [7, 11) is 1.55. The second kappa shape index (κ2) is 8.85. The summed E-state index contributed by atoms with van der Waals surface area (Å²) in [6, 6.07) is 10.0. The molecule has 0 saturated heterocycles. The number of ether oxygens (including phenoxy) is 1. The zero-order valence-corrected chi connectivity index (χ0v) is 15.1. The normalized spacial score (nSPS) is 10.4. The van der Waals surface area contributed by atoms with Crippen LogP contribution in [0.3, 0.4) is 0 Å². The summed E-state index contributed by atoms with van der Waals surface area (Å²) in [6.45, 7) is 0.186. The van der Waals surface area contributed by atoms with Crippen LogP contribution in [0.15, 0.2) is 52.2 Å². The predicted molar refractivity (Wildman–Crippen MR) is 95.5 cm³/mol. The van der Waals surface area contributed by atoms with Gasteiger partial charge in [0.25, 0.3) is 0 Å². The largest absolute Gasteiger partial charge is 0.494 e. The number of nitrogens with zero attached hydrogens (tertiary/aromatic N) is 4. The molecule has 0 aliphatic rings. The highest BCUT2D eigenvalue weighted by molar-refractivity contribution is 7.99. The fourth-order valence-corrected chi connectivity index (χ4v) is 2.83. The lowest BCUT2D eigenvalue weighted by molar-refractivity contribution is -0.117. The van der Waals surface area contributed by atoms with Gasteiger partial charge >= 0.3 is 6.03 Å². The maximum Gasteiger partial charge on any atom is 0.321 e. The van der Waals surface area contributed by atoms with Crippen molar-refractivity contribution in [3.05, 3.63) is 48.4 Å². The number of hydrogen-bond donors (Lipinski definition) is 2. The maximum absolute atomic E-state index is 12.0. The second-order valence-electron chi connectivity index (χ2n) is 5.14. The molecular formula is C16H16N6O4S. The molecule has 0 bridgehead atoms. The Hall–Kier alpha value is -3.34. The van der Waals surface area contributed by atoms with E-state index in [0.29, 0.717) is 22.4 Å². The van der Waals surface area contributed by atoms with Crippen LogP contribution in [-0.4, -0.2) is 45.0 Å². The van der Waals surface area contributed by atoms with Gasteiger partial charge in [-0.15, -0.1) is 5.10 Å². The first kappa shape index (κ1) is 18.5. The monoisotopic (exact) mass is 388 g/mol. The lowest BCUT2D eigenvalue weighted by Crippen LogP contribution is -2.39. The van der Waals surface area contributed by atoms with Gasteiger partial charge in [0.15, 0.2) is 0 Å². The first-order valence-corrected chi connectivity index (χ1v) is 8.80. The van der Waals surface area contributed by atoms with Gasteiger partial charge in [0.2, 0.25) is 11.1 Å². The summed E-state index contributed by atoms with van der Waals surface area (Å²) in [4.78, 5) is 23.7. The van der Waals surface area contributed by atoms with E-state index in [1.54, 1.807) is 31.4 Å². The number of benzene rings is 1. The predicted octanol–water partition coefficient (Wildman–Crippen LogP) is 1.38. The van der Waals surface area contributed by atoms with Crippen LogP contribution in [0.5, 0.6) is 5.75 Å². The number of aromatic nitrogens is 4. The number of nitrogens with one attached hydrogen (secondary N) is 2. The molecule has 3 rings (SSSR count). The number of rotatable bonds is 7. The maximum atomic E-state index is 12.0. The third-order valence-corrected chi connectivity index (χ3v) is 4.26. The van der Waals surface area contributed by atoms with Crippen molar-refractivity contribution in [3.63, 3.8) is 0 Å². The standard InChI is InChI=1S/C16H16N6O4S/c1-25-13-7-3-2-6-12(13)22-16(19-20-21-22)27-10-14(23)18-15(24)17-9-11-5-4-8-26-11/h2-8H,9-10H2,1H3,(H2,17,18,23,24). The van der Waals surface area contributed by atoms with Gasteiger partial charge in [-0.1, -0.05) is 23.9 Å². The van der Waals surface area contributed by atoms with Crippen LogP contribution in [0.4, 0.5) is 4.79 Å². The lowest BCUT2D eigenvalue weighted by atomic mass is 10.3. The Balaban J connectivity index is 1.54. The molecule has 0 spiro atoms. The number of furan rings is 1. The van der Waals surface area contributed by atoms with Gasteiger partial charge in [-0.2, -0.15) is 4.68 Å². The van der Waals surface area contributed by atoms with Crippen LogP contribution < -0.4 is 15.4 Å². The molecule has 0 aliphatic heterocycles. The Morgan fingerprint density at radius 3 is 2.89 bits per heavy atom. The smallest absolute Gasteiger partial charge is 0.321 e. The highest BCUT2D eigenvalue weighted by Crippen LogP contribution is 2.25. The number of para-hydroxylation sites is 2. The number of tetrazole rings is 1. The van der Waals surface area contributed by atoms with Crippen LogP contribution >= 0.6 is 11.8 Å². The average molecular weight is 388 g/mol. The van der Waals surface area contributed by atoms with Crippen molar-refractivity contribution in [1.29, 1.82) is 0 Å². The number of hydrogen-bond acceptors (Lipinski definition) is 8. The minimum Gasteiger partial charge on any atom is -0.494 e. The van der Waals surface area contributed by atoms with E-state index in [9.17, 15) is 9.59 Å². The Morgan fingerprint density at radius 2 is 2.11 bits per heavy atom. The van der Waals surface area contributed by atoms with E-state index in [1.165, 1.54) is 10.9 Å². The number of methoxy groups -OCH3 is 1. The Morgan fingerprint density at radius 1 is 1.26 bits per heavy atom. The van der Waals surface area contributed by atoms with Gasteiger partial charge in [-0.05, 0) is 34.7 Å². The molecule has 3 amide bonds. The minimum absolute atomic E-state index is 0.0380. The Bertz CT molecular complexity index is 911. The van der Waals surface area contributed by atoms with E-state index >= 15 is 0 Å². The van der Waals surface area contributed by atoms with Gasteiger partial charge in [0.1, 0.15) is 17.2 Å². The number of urea groups is 1. The fraction of sp³-hybridized carbons (Fsp3) is 0.188. The van der Waals surface area contributed by atoms with E-state index in [0.717, 1.165) is 11.8 Å². The van der Waals surface area contributed by atoms with Crippen LogP contribution in [0.25, 0.3) is 5.69 Å². The number of amides is 3. The average Bonchev–Trinajstić information content (AvgIpc) is 3.36. The third-order valence-electron chi connectivity index (χ3n) is 3.34. The van der Waals surface area contributed by atoms with Crippen molar-refractivity contribution in [2.24, 2.45) is 0 Å². The van der Waals surface area contributed by atoms with Crippen molar-refractivity contribution < 1.29 is 18.7 Å². The molecule has 3 aromatic rings. The molecule has 140 valence electrons. The first-order chi connectivity index (χ1) is 13.2. The van der Waals surface area contributed by atoms with Crippen molar-refractivity contribution in [1.82, 2.24) is 30.8 Å². The number of carbonyl (C=O) groups excluding carboxylic acids is 2. The van der Waals surface area contributed by atoms with Crippen LogP contribution in [0, 0.1) is 0 Å². The fourth-order valence-electron chi connectivity index (χ4n) is 2.14. The van der Waals surface area contributed by atoms with Crippen LogP contribution in [0.1, 0.15) is 5.76 Å². The molecule has 0 unspecified atom stereocenters. The summed E-state index contributed by atoms with van der Waals surface area (Å²) in [5.41, 5.74) is 0.643. The van der Waals surface area contributed by atoms with E-state index < -0.39 is 11.9 Å². The lowest BCUT2D eigenvalue weighted by Gasteiger charge is -2.09. The minimum atomic E-state index is -0.610. The highest BCUT2D eigenvalue weighted by atomic mass is 32.2. The summed E-state index contributed by atoms with van der Waals surface area (Å²) in [6.07, 6.45) is 1.50. The van der Waals surface area contributed by atoms with Gasteiger partial charge in [0, 0.05) is 0 Å². The van der Waals surface area contributed by atoms with Crippen LogP contribution in [0.2, 0.25) is 0 Å². The number of carbonyl (C=O) groups is 2. The van der Waals surface area contributed by atoms with E-state index in [1.807, 2.05) is 12.1 Å². The molecule has 10 nitrogen and oxygen atoms in total. The molecular weight excluding hydrogens is 372 g/mol. The molecule has 2 heterocycles. The van der Waals surface area contributed by atoms with Gasteiger partial charge in [0.05, 0.1) is 25.7 Å². The van der Waals surface area contributed by atoms with Crippen molar-refractivity contribution in [2.45, 2.75) is 11.7 Å². The van der Waals surface area contributed by atoms with Crippen LogP contribution in [-0.2, 0) is 11.3 Å². The topological polar surface area (TPSA) is 124 Å². The number of imide groups is 1. The van der Waals surface area contributed by atoms with Crippen molar-refractivity contribution in [3.8, 4) is 11.4 Å². The van der Waals surface area contributed by atoms with Gasteiger partial charge in [-0.25, -0.2) is 4.79 Å². The molecule has 0 radical (unpaired) electrons. The zero-order chi connectivity index (χ0) is 19.1. The SMILES string of the molecule is COc1ccccc1-n1nnnc1SCC(=O)NC(=O)NCc1ccco1. The molecule has 0 saturated carbocycles. The molecule has 0 aliphatic carbocycles. The molecule has 11 heteroatoms. The second-order valence-corrected chi connectivity index (χ2v) is 6.09. The summed E-state index contributed by atoms with van der Waals surface area (Å²) < 4.78 is 11.9. The molecule has 0 fully saturated rings. The summed E-state index contributed by atoms with van der Waals surface area (Å²) in [5, 5.41) is 16.6. The molecule has 2 aromatic heterocycles. The van der Waals surface area contributed by atoms with Crippen molar-refractivity contribution in [2.75, 3.05) is 12.9 Å². The van der Waals surface area contributed by atoms with Gasteiger partial charge < -0.3 is 14.5 Å². The summed E-state index contributed by atoms with van der Waals surface area (Å²) >= 11 is 1.09. The molecule has 27 heavy (non-hydrogen) atoms. The Labute approximate surface area is 158 Å². The van der Waals surface area contributed by atoms with Crippen molar-refractivity contribution >= 4 is 23.7 Å². The molecule has 2 N–H and O–H groups in total. The van der Waals surface area contributed by atoms with Gasteiger partial charge in [-0.3, -0.25) is 10.1 Å². The number of thioether (sulfide) groups is 1. The first-order valence-electron chi connectivity index (χ1n) is 7.82. The van der Waals surface area contributed by atoms with E-state index in [-0.39, 0.29) is 12.3 Å².